The van der Waals surface area contributed by atoms with Crippen LogP contribution in [0.3, 0.4) is 0 Å². The molecule has 0 aliphatic rings. The molecule has 2 aromatic heterocycles. The van der Waals surface area contributed by atoms with E-state index in [2.05, 4.69) is 15.2 Å². The van der Waals surface area contributed by atoms with Gasteiger partial charge in [-0.1, -0.05) is 11.2 Å². The lowest BCUT2D eigenvalue weighted by Crippen LogP contribution is -2.30. The summed E-state index contributed by atoms with van der Waals surface area (Å²) in [6.45, 7) is 3.38. The van der Waals surface area contributed by atoms with Gasteiger partial charge in [0.1, 0.15) is 11.3 Å². The molecule has 2 rings (SSSR count). The Morgan fingerprint density at radius 1 is 1.48 bits per heavy atom. The molecule has 6 nitrogen and oxygen atoms in total. The Bertz CT molecular complexity index is 614. The maximum Gasteiger partial charge on any atom is 0.307 e. The minimum atomic E-state index is -0.432. The van der Waals surface area contributed by atoms with Crippen LogP contribution in [0, 0.1) is 13.8 Å². The first kappa shape index (κ1) is 15.2. The second-order valence-corrected chi connectivity index (χ2v) is 5.50. The zero-order valence-corrected chi connectivity index (χ0v) is 12.8. The normalized spacial score (nSPS) is 12.0. The summed E-state index contributed by atoms with van der Waals surface area (Å²) in [5.74, 6) is -0.242. The maximum atomic E-state index is 12.4. The van der Waals surface area contributed by atoms with Crippen LogP contribution in [-0.4, -0.2) is 24.1 Å². The lowest BCUT2D eigenvalue weighted by molar-refractivity contribution is -0.141. The summed E-state index contributed by atoms with van der Waals surface area (Å²) < 4.78 is 9.67. The first-order valence-electron chi connectivity index (χ1n) is 6.37. The number of ether oxygens (including phenoxy) is 1. The van der Waals surface area contributed by atoms with E-state index in [1.165, 1.54) is 18.4 Å². The number of hydrogen-bond acceptors (Lipinski definition) is 6. The smallest absolute Gasteiger partial charge is 0.307 e. The average molecular weight is 308 g/mol. The van der Waals surface area contributed by atoms with Crippen LogP contribution in [0.2, 0.25) is 0 Å². The van der Waals surface area contributed by atoms with Crippen LogP contribution in [0.5, 0.6) is 0 Å². The molecule has 1 N–H and O–H groups in total. The third-order valence-electron chi connectivity index (χ3n) is 3.05. The second kappa shape index (κ2) is 6.53. The Hall–Kier alpha value is -2.15. The predicted molar refractivity (Wildman–Crippen MR) is 77.1 cm³/mol. The quantitative estimate of drug-likeness (QED) is 0.858. The van der Waals surface area contributed by atoms with Gasteiger partial charge >= 0.3 is 5.97 Å². The van der Waals surface area contributed by atoms with Crippen molar-refractivity contribution in [1.29, 1.82) is 0 Å². The van der Waals surface area contributed by atoms with E-state index in [9.17, 15) is 9.59 Å². The van der Waals surface area contributed by atoms with Crippen molar-refractivity contribution < 1.29 is 18.8 Å². The molecule has 0 saturated carbocycles. The number of nitrogens with zero attached hydrogens (tertiary/aromatic N) is 1. The summed E-state index contributed by atoms with van der Waals surface area (Å²) >= 11 is 1.47. The average Bonchev–Trinajstić information content (AvgIpc) is 3.08. The molecule has 21 heavy (non-hydrogen) atoms. The highest BCUT2D eigenvalue weighted by Crippen LogP contribution is 2.23. The molecule has 0 radical (unpaired) electrons. The Kier molecular flexibility index (Phi) is 4.74. The van der Waals surface area contributed by atoms with E-state index in [0.717, 1.165) is 4.88 Å². The van der Waals surface area contributed by atoms with Gasteiger partial charge in [0, 0.05) is 4.88 Å². The van der Waals surface area contributed by atoms with Crippen LogP contribution in [0.15, 0.2) is 22.0 Å². The first-order chi connectivity index (χ1) is 10.0. The number of esters is 1. The molecule has 0 aliphatic carbocycles. The Morgan fingerprint density at radius 3 is 2.76 bits per heavy atom. The number of aromatic nitrogens is 1. The van der Waals surface area contributed by atoms with Gasteiger partial charge < -0.3 is 14.6 Å². The summed E-state index contributed by atoms with van der Waals surface area (Å²) in [6, 6.07) is 3.30. The molecule has 0 saturated heterocycles. The molecule has 112 valence electrons. The van der Waals surface area contributed by atoms with Crippen molar-refractivity contribution in [2.45, 2.75) is 26.3 Å². The summed E-state index contributed by atoms with van der Waals surface area (Å²) in [5.41, 5.74) is 0.925. The molecule has 1 atom stereocenters. The van der Waals surface area contributed by atoms with Gasteiger partial charge in [0.25, 0.3) is 5.91 Å². The van der Waals surface area contributed by atoms with Gasteiger partial charge in [0.05, 0.1) is 25.3 Å². The van der Waals surface area contributed by atoms with Crippen LogP contribution in [0.1, 0.15) is 39.2 Å². The molecule has 0 spiro atoms. The fourth-order valence-corrected chi connectivity index (χ4v) is 2.78. The van der Waals surface area contributed by atoms with Crippen LogP contribution in [-0.2, 0) is 9.53 Å². The molecule has 7 heteroatoms. The Balaban J connectivity index is 2.19. The van der Waals surface area contributed by atoms with Crippen molar-refractivity contribution in [2.75, 3.05) is 7.11 Å². The van der Waals surface area contributed by atoms with Gasteiger partial charge in [-0.3, -0.25) is 9.59 Å². The topological polar surface area (TPSA) is 81.4 Å². The van der Waals surface area contributed by atoms with Crippen molar-refractivity contribution in [3.8, 4) is 0 Å². The molecule has 0 fully saturated rings. The van der Waals surface area contributed by atoms with Gasteiger partial charge in [-0.15, -0.1) is 11.3 Å². The highest BCUT2D eigenvalue weighted by Gasteiger charge is 2.24. The number of nitrogens with one attached hydrogen (secondary N) is 1. The number of carbonyl (C=O) groups excluding carboxylic acids is 2. The SMILES string of the molecule is COC(=O)CC(NC(=O)c1c(C)noc1C)c1cccs1. The van der Waals surface area contributed by atoms with Crippen molar-refractivity contribution in [1.82, 2.24) is 10.5 Å². The highest BCUT2D eigenvalue weighted by atomic mass is 32.1. The van der Waals surface area contributed by atoms with Gasteiger partial charge in [0.2, 0.25) is 0 Å². The fourth-order valence-electron chi connectivity index (χ4n) is 2.00. The second-order valence-electron chi connectivity index (χ2n) is 4.52. The third-order valence-corrected chi connectivity index (χ3v) is 4.04. The number of rotatable bonds is 5. The molecule has 0 bridgehead atoms. The van der Waals surface area contributed by atoms with Crippen LogP contribution < -0.4 is 5.32 Å². The number of hydrogen-bond donors (Lipinski definition) is 1. The molecule has 0 aliphatic heterocycles. The standard InChI is InChI=1S/C14H16N2O4S/c1-8-13(9(2)20-16-8)14(18)15-10(7-12(17)19-3)11-5-4-6-21-11/h4-6,10H,7H2,1-3H3,(H,15,18). The van der Waals surface area contributed by atoms with Crippen LogP contribution in [0.25, 0.3) is 0 Å². The third kappa shape index (κ3) is 3.49. The summed E-state index contributed by atoms with van der Waals surface area (Å²) in [6.07, 6.45) is 0.0755. The van der Waals surface area contributed by atoms with E-state index >= 15 is 0 Å². The molecule has 2 heterocycles. The minimum Gasteiger partial charge on any atom is -0.469 e. The largest absolute Gasteiger partial charge is 0.469 e. The Morgan fingerprint density at radius 2 is 2.24 bits per heavy atom. The molecule has 2 aromatic rings. The fraction of sp³-hybridized carbons (Fsp3) is 0.357. The van der Waals surface area contributed by atoms with Crippen molar-refractivity contribution in [3.05, 3.63) is 39.4 Å². The number of thiophene rings is 1. The number of methoxy groups -OCH3 is 1. The van der Waals surface area contributed by atoms with E-state index in [1.807, 2.05) is 17.5 Å². The summed E-state index contributed by atoms with van der Waals surface area (Å²) in [4.78, 5) is 24.8. The first-order valence-corrected chi connectivity index (χ1v) is 7.24. The van der Waals surface area contributed by atoms with E-state index in [1.54, 1.807) is 13.8 Å². The van der Waals surface area contributed by atoms with Gasteiger partial charge in [-0.2, -0.15) is 0 Å². The maximum absolute atomic E-state index is 12.4. The van der Waals surface area contributed by atoms with Crippen molar-refractivity contribution in [3.63, 3.8) is 0 Å². The van der Waals surface area contributed by atoms with E-state index in [4.69, 9.17) is 4.52 Å². The zero-order valence-electron chi connectivity index (χ0n) is 12.0. The van der Waals surface area contributed by atoms with E-state index < -0.39 is 6.04 Å². The molecule has 1 amide bonds. The van der Waals surface area contributed by atoms with Crippen LogP contribution >= 0.6 is 11.3 Å². The summed E-state index contributed by atoms with van der Waals surface area (Å²) in [5, 5.41) is 8.49. The summed E-state index contributed by atoms with van der Waals surface area (Å²) in [7, 11) is 1.32. The molecule has 1 unspecified atom stereocenters. The van der Waals surface area contributed by atoms with Gasteiger partial charge in [-0.05, 0) is 25.3 Å². The lowest BCUT2D eigenvalue weighted by atomic mass is 10.1. The lowest BCUT2D eigenvalue weighted by Gasteiger charge is -2.16. The molecule has 0 aromatic carbocycles. The number of aryl methyl sites for hydroxylation is 2. The number of amides is 1. The van der Waals surface area contributed by atoms with E-state index in [0.29, 0.717) is 17.0 Å². The molecular formula is C14H16N2O4S. The molecular weight excluding hydrogens is 292 g/mol. The van der Waals surface area contributed by atoms with Crippen LogP contribution in [0.4, 0.5) is 0 Å². The number of carbonyl (C=O) groups is 2. The monoisotopic (exact) mass is 308 g/mol. The van der Waals surface area contributed by atoms with Crippen molar-refractivity contribution >= 4 is 23.2 Å². The Labute approximate surface area is 126 Å². The van der Waals surface area contributed by atoms with Crippen molar-refractivity contribution in [2.24, 2.45) is 0 Å². The van der Waals surface area contributed by atoms with Gasteiger partial charge in [0.15, 0.2) is 0 Å². The minimum absolute atomic E-state index is 0.0755. The highest BCUT2D eigenvalue weighted by molar-refractivity contribution is 7.10. The zero-order chi connectivity index (χ0) is 15.4. The predicted octanol–water partition coefficient (Wildman–Crippen LogP) is 2.39. The van der Waals surface area contributed by atoms with Gasteiger partial charge in [-0.25, -0.2) is 0 Å². The van der Waals surface area contributed by atoms with E-state index in [-0.39, 0.29) is 18.3 Å².